The smallest absolute Gasteiger partial charge is 1.00 e. The number of benzene rings is 8. The summed E-state index contributed by atoms with van der Waals surface area (Å²) in [6.45, 7) is 10.9. The Morgan fingerprint density at radius 1 is 0.451 bits per heavy atom. The second kappa shape index (κ2) is 68.3. The molecule has 8 aromatic rings. The molecule has 0 saturated carbocycles. The first kappa shape index (κ1) is 112. The van der Waals surface area contributed by atoms with Crippen molar-refractivity contribution in [2.75, 3.05) is 79.2 Å². The van der Waals surface area contributed by atoms with E-state index in [1.54, 1.807) is 174 Å². The third-order valence-electron chi connectivity index (χ3n) is 12.1. The van der Waals surface area contributed by atoms with Crippen LogP contribution in [0.3, 0.4) is 0 Å². The minimum absolute atomic E-state index is 0. The standard InChI is InChI=1S/C21H24O7S.C17H18O5.C14H12O4.C7H6O3.C7H8O2.C4H6O2S.C3H7BrO.CH2O3.BH.2K.H2O4S.U.H/c1-3-29(23,24)16-15-26-13-4-14-27-19-7-5-17(6-8-19)21(22)28-20-11-9-18(25-2)10-12-20;1-20-14-7-9-16(10-8-14)22-17(19)13-3-5-15(6-4-13)21-12-2-11-18;1-17-12-6-8-13(9-7-12)18-14(16)10-2-4-11(15)5-3-10;8-6-3-1-5(2-4-6)7(9)10;1-9-7-4-2-6(8)3-5-7;1-3-7(5,6)4-2;4-2-1-3-5;2-1-4-3;;;;1-5(2,3)4;;/h3,5-12H,1,4,13-16H2,2H3;3-10,18H,2,11-12H2,1H3;2-9,15H,1H3;1-4,8H,(H,9,10);2-5,8H,1H3;3-4H,1-2H2;5H,1-3H2;1,3H;1H;;;(H2,1,2,3,4);;/q;;;;;;;;;2*+1;;;-1/p-1/i;;;;;;;;1D;;;;;. The van der Waals surface area contributed by atoms with Crippen LogP contribution in [0, 0.1) is 31.1 Å². The fourth-order valence-electron chi connectivity index (χ4n) is 6.68. The maximum absolute atomic E-state index is 12.2. The van der Waals surface area contributed by atoms with E-state index >= 15 is 0 Å². The molecular weight excluding hydrogens is 1890 g/mol. The topological polar surface area (TPSA) is 474 Å². The van der Waals surface area contributed by atoms with Gasteiger partial charge in [-0.05, 0) is 202 Å². The molecule has 8 rings (SSSR count). The van der Waals surface area contributed by atoms with Crippen LogP contribution in [0.1, 0.15) is 62.1 Å². The number of aliphatic hydroxyl groups excluding tert-OH is 2. The molecule has 113 heavy (non-hydrogen) atoms. The Balaban J connectivity index is -0.000000310. The molecule has 39 heteroatoms. The summed E-state index contributed by atoms with van der Waals surface area (Å²) in [6, 6.07) is 51.3. The fraction of sp³-hybridized carbons (Fsp3) is 0.203. The SMILES string of the molecule is C=CS(=O)(=O)C=C.C=CS(=O)(=O)CCOCCCOc1ccc(C(=O)Oc2ccc(OC)cc2)cc1.COc1ccc(O)cc1.COc1ccc(OC(=O)c2ccc(O)cc2)cc1.COc1ccc(OC(=O)c2ccc(OCCCO)cc2)cc1.O=C(O)c1ccc(O)cc1.O=CO[O-].O=S(=O)(O)O.OCCCBr.[2H][B].[H-].[K+].[K+].[U]. The molecule has 0 aromatic heterocycles. The summed E-state index contributed by atoms with van der Waals surface area (Å²) < 4.78 is 131. The van der Waals surface area contributed by atoms with Gasteiger partial charge in [-0.2, -0.15) is 8.42 Å². The molecule has 0 fully saturated rings. The van der Waals surface area contributed by atoms with Gasteiger partial charge in [-0.15, -0.1) is 0 Å². The number of halogens is 1. The Kier molecular flexibility index (Phi) is 67.9. The van der Waals surface area contributed by atoms with Crippen molar-refractivity contribution < 1.29 is 282 Å². The van der Waals surface area contributed by atoms with E-state index in [-0.39, 0.29) is 184 Å². The number of carbonyl (C=O) groups is 5. The van der Waals surface area contributed by atoms with Crippen LogP contribution in [0.2, 0.25) is 0 Å². The number of hydrogen-bond donors (Lipinski definition) is 8. The largest absolute Gasteiger partial charge is 1.00 e. The van der Waals surface area contributed by atoms with Gasteiger partial charge < -0.3 is 89.6 Å². The number of carbonyl (C=O) groups excluding carboxylic acids is 4. The molecular formula is C74H86BBrK2O31S3U. The van der Waals surface area contributed by atoms with Crippen molar-refractivity contribution in [1.29, 1.82) is 1.34 Å². The predicted molar refractivity (Wildman–Crippen MR) is 411 cm³/mol. The van der Waals surface area contributed by atoms with Gasteiger partial charge in [-0.25, -0.2) is 36.0 Å². The Bertz CT molecular complexity index is 4270. The summed E-state index contributed by atoms with van der Waals surface area (Å²) in [5, 5.41) is 63.7. The molecule has 0 bridgehead atoms. The van der Waals surface area contributed by atoms with Gasteiger partial charge in [-0.3, -0.25) is 13.9 Å². The van der Waals surface area contributed by atoms with E-state index in [2.05, 4.69) is 48.9 Å². The van der Waals surface area contributed by atoms with Gasteiger partial charge in [0.15, 0.2) is 19.7 Å². The number of aromatic carboxylic acids is 1. The monoisotopic (exact) mass is 1970 g/mol. The number of rotatable bonds is 29. The van der Waals surface area contributed by atoms with Gasteiger partial charge in [0.2, 0.25) is 0 Å². The molecule has 0 spiro atoms. The first-order valence-corrected chi connectivity index (χ1v) is 37.0. The predicted octanol–water partition coefficient (Wildman–Crippen LogP) is 3.75. The Morgan fingerprint density at radius 2 is 0.708 bits per heavy atom. The van der Waals surface area contributed by atoms with Gasteiger partial charge >= 0.3 is 137 Å². The maximum Gasteiger partial charge on any atom is 1.00 e. The molecule has 0 aliphatic rings. The second-order valence-corrected chi connectivity index (χ2v) is 25.5. The Morgan fingerprint density at radius 3 is 0.947 bits per heavy atom. The van der Waals surface area contributed by atoms with E-state index < -0.39 is 54.0 Å². The van der Waals surface area contributed by atoms with Crippen LogP contribution in [0.4, 0.5) is 0 Å². The average molecular weight is 1980 g/mol. The first-order chi connectivity index (χ1) is 52.8. The average Bonchev–Trinajstić information content (AvgIpc) is 0.872. The van der Waals surface area contributed by atoms with Crippen molar-refractivity contribution in [3.63, 3.8) is 0 Å². The second-order valence-electron chi connectivity index (χ2n) is 19.9. The quantitative estimate of drug-likeness (QED) is 0.00381. The summed E-state index contributed by atoms with van der Waals surface area (Å²) in [5.41, 5.74) is 1.40. The summed E-state index contributed by atoms with van der Waals surface area (Å²) in [5.74, 6) is 3.41. The summed E-state index contributed by atoms with van der Waals surface area (Å²) in [6.07, 6.45) is 2.04. The molecule has 0 unspecified atom stereocenters. The normalized spacial score (nSPS) is 9.63. The van der Waals surface area contributed by atoms with E-state index in [4.69, 9.17) is 107 Å². The number of hydrogen-bond acceptors (Lipinski definition) is 28. The van der Waals surface area contributed by atoms with E-state index in [0.29, 0.717) is 102 Å². The number of esters is 3. The molecule has 602 valence electrons. The third-order valence-corrected chi connectivity index (χ3v) is 14.8. The van der Waals surface area contributed by atoms with Crippen LogP contribution in [0.25, 0.3) is 0 Å². The number of ether oxygens (including phenoxy) is 10. The third kappa shape index (κ3) is 59.4. The summed E-state index contributed by atoms with van der Waals surface area (Å²) in [7, 11) is -0.976. The zero-order valence-corrected chi connectivity index (χ0v) is 76.8. The summed E-state index contributed by atoms with van der Waals surface area (Å²) >= 11 is 3.15. The molecule has 8 N–H and O–H groups in total. The molecule has 31 nitrogen and oxygen atoms in total. The van der Waals surface area contributed by atoms with Gasteiger partial charge in [0.05, 0.1) is 76.3 Å². The zero-order chi connectivity index (χ0) is 84.1. The maximum atomic E-state index is 12.2. The van der Waals surface area contributed by atoms with Crippen molar-refractivity contribution in [3.8, 4) is 69.0 Å². The molecule has 0 amide bonds. The van der Waals surface area contributed by atoms with Crippen molar-refractivity contribution in [2.45, 2.75) is 19.3 Å². The molecule has 0 aliphatic heterocycles. The number of carboxylic acids is 1. The molecule has 0 saturated heterocycles. The van der Waals surface area contributed by atoms with Crippen LogP contribution < -0.4 is 151 Å². The number of aliphatic hydroxyl groups is 2. The Hall–Kier alpha value is -6.99. The number of phenols is 3. The van der Waals surface area contributed by atoms with Crippen LogP contribution in [0.5, 0.6) is 69.0 Å². The van der Waals surface area contributed by atoms with E-state index in [9.17, 15) is 36.0 Å². The van der Waals surface area contributed by atoms with Gasteiger partial charge in [-0.1, -0.05) is 35.7 Å². The molecule has 0 heterocycles. The minimum Gasteiger partial charge on any atom is -1.00 e. The summed E-state index contributed by atoms with van der Waals surface area (Å²) in [4.78, 5) is 57.4. The van der Waals surface area contributed by atoms with E-state index in [0.717, 1.165) is 33.7 Å². The van der Waals surface area contributed by atoms with Crippen molar-refractivity contribution in [1.82, 2.24) is 0 Å². The molecule has 2 radical (unpaired) electrons. The van der Waals surface area contributed by atoms with Gasteiger partial charge in [0, 0.05) is 93.7 Å². The molecule has 8 aromatic carbocycles. The van der Waals surface area contributed by atoms with Crippen LogP contribution in [-0.2, 0) is 44.5 Å². The number of methoxy groups -OCH3 is 4. The zero-order valence-electron chi connectivity index (χ0n) is 64.3. The van der Waals surface area contributed by atoms with Crippen LogP contribution in [0.15, 0.2) is 230 Å². The first-order valence-electron chi connectivity index (χ1n) is 31.7. The van der Waals surface area contributed by atoms with Crippen molar-refractivity contribution in [2.24, 2.45) is 0 Å². The number of alkyl halides is 1. The van der Waals surface area contributed by atoms with Gasteiger partial charge in [0.1, 0.15) is 69.0 Å². The van der Waals surface area contributed by atoms with Gasteiger partial charge in [0.25, 0.3) is 6.47 Å². The number of phenolic OH excluding ortho intramolecular Hbond substituents is 3. The fourth-order valence-corrected chi connectivity index (χ4v) is 7.58. The molecule has 0 atom stereocenters. The Labute approximate surface area is 777 Å². The van der Waals surface area contributed by atoms with E-state index in [1.807, 2.05) is 0 Å². The van der Waals surface area contributed by atoms with E-state index in [1.165, 1.54) is 48.5 Å². The van der Waals surface area contributed by atoms with Crippen molar-refractivity contribution >= 4 is 84.7 Å². The van der Waals surface area contributed by atoms with Crippen molar-refractivity contribution in [3.05, 3.63) is 252 Å². The number of sulfone groups is 2. The number of aromatic hydroxyl groups is 3. The van der Waals surface area contributed by atoms with Crippen LogP contribution in [-0.4, -0.2) is 184 Å². The number of carboxylic acid groups (broad SMARTS) is 1. The molecule has 0 aliphatic carbocycles. The minimum atomic E-state index is -4.67. The van der Waals surface area contributed by atoms with Crippen LogP contribution >= 0.6 is 15.9 Å².